The van der Waals surface area contributed by atoms with Crippen LogP contribution < -0.4 is 5.32 Å². The average molecular weight is 448 g/mol. The molecular formula is C25H29N3O3Si. The third kappa shape index (κ3) is 4.44. The van der Waals surface area contributed by atoms with E-state index in [9.17, 15) is 9.59 Å². The van der Waals surface area contributed by atoms with E-state index in [0.717, 1.165) is 22.9 Å². The SMILES string of the molecule is C[Si](C)(C)[C@@H]1CCN(C(OC=O)c2ccccc2)[C@@H]1C(=O)Nc1cccc2cccnc12. The number of fused-ring (bicyclic) bond motifs is 1. The molecule has 1 aromatic heterocycles. The van der Waals surface area contributed by atoms with Crippen molar-refractivity contribution < 1.29 is 14.3 Å². The second-order valence-electron chi connectivity index (χ2n) is 9.31. The highest BCUT2D eigenvalue weighted by Crippen LogP contribution is 2.42. The van der Waals surface area contributed by atoms with Gasteiger partial charge in [0.25, 0.3) is 6.47 Å². The van der Waals surface area contributed by atoms with Crippen molar-refractivity contribution in [2.75, 3.05) is 11.9 Å². The molecule has 1 aliphatic heterocycles. The number of likely N-dealkylation sites (tertiary alicyclic amines) is 1. The molecule has 6 nitrogen and oxygen atoms in total. The van der Waals surface area contributed by atoms with Crippen molar-refractivity contribution in [2.24, 2.45) is 0 Å². The first-order chi connectivity index (χ1) is 15.4. The minimum atomic E-state index is -1.69. The van der Waals surface area contributed by atoms with Crippen LogP contribution in [0.5, 0.6) is 0 Å². The number of aromatic nitrogens is 1. The van der Waals surface area contributed by atoms with Gasteiger partial charge in [-0.2, -0.15) is 0 Å². The summed E-state index contributed by atoms with van der Waals surface area (Å²) < 4.78 is 5.54. The van der Waals surface area contributed by atoms with E-state index in [1.807, 2.05) is 65.6 Å². The van der Waals surface area contributed by atoms with E-state index >= 15 is 0 Å². The van der Waals surface area contributed by atoms with Gasteiger partial charge in [-0.3, -0.25) is 19.5 Å². The van der Waals surface area contributed by atoms with Crippen LogP contribution in [-0.2, 0) is 14.3 Å². The molecule has 1 saturated heterocycles. The molecule has 1 amide bonds. The number of carbonyl (C=O) groups is 2. The fourth-order valence-corrected chi connectivity index (χ4v) is 7.03. The van der Waals surface area contributed by atoms with Crippen molar-refractivity contribution >= 4 is 37.0 Å². The summed E-state index contributed by atoms with van der Waals surface area (Å²) in [4.78, 5) is 31.7. The summed E-state index contributed by atoms with van der Waals surface area (Å²) in [6.07, 6.45) is 2.03. The van der Waals surface area contributed by atoms with Crippen molar-refractivity contribution in [2.45, 2.75) is 43.9 Å². The monoisotopic (exact) mass is 447 g/mol. The van der Waals surface area contributed by atoms with Crippen LogP contribution in [0, 0.1) is 0 Å². The molecule has 3 atom stereocenters. The smallest absolute Gasteiger partial charge is 0.294 e. The Kier molecular flexibility index (Phi) is 6.39. The number of amides is 1. The predicted molar refractivity (Wildman–Crippen MR) is 129 cm³/mol. The average Bonchev–Trinajstić information content (AvgIpc) is 3.24. The lowest BCUT2D eigenvalue weighted by Gasteiger charge is -2.36. The highest BCUT2D eigenvalue weighted by molar-refractivity contribution is 6.78. The minimum absolute atomic E-state index is 0.0801. The zero-order chi connectivity index (χ0) is 22.7. The van der Waals surface area contributed by atoms with E-state index in [-0.39, 0.29) is 11.4 Å². The number of hydrogen-bond acceptors (Lipinski definition) is 5. The van der Waals surface area contributed by atoms with Gasteiger partial charge < -0.3 is 10.1 Å². The number of nitrogens with one attached hydrogen (secondary N) is 1. The number of anilines is 1. The van der Waals surface area contributed by atoms with Crippen LogP contribution in [0.1, 0.15) is 18.2 Å². The van der Waals surface area contributed by atoms with Crippen molar-refractivity contribution in [3.8, 4) is 0 Å². The van der Waals surface area contributed by atoms with E-state index in [1.165, 1.54) is 0 Å². The summed E-state index contributed by atoms with van der Waals surface area (Å²) in [6, 6.07) is 18.9. The topological polar surface area (TPSA) is 71.5 Å². The Morgan fingerprint density at radius 1 is 1.12 bits per heavy atom. The van der Waals surface area contributed by atoms with Gasteiger partial charge in [0.15, 0.2) is 6.23 Å². The molecule has 0 aliphatic carbocycles. The van der Waals surface area contributed by atoms with Crippen LogP contribution in [0.3, 0.4) is 0 Å². The second-order valence-corrected chi connectivity index (χ2v) is 14.8. The number of hydrogen-bond donors (Lipinski definition) is 1. The molecule has 7 heteroatoms. The van der Waals surface area contributed by atoms with Gasteiger partial charge >= 0.3 is 0 Å². The lowest BCUT2D eigenvalue weighted by Crippen LogP contribution is -2.48. The van der Waals surface area contributed by atoms with Crippen LogP contribution in [0.2, 0.25) is 25.2 Å². The van der Waals surface area contributed by atoms with Crippen molar-refractivity contribution in [3.05, 3.63) is 72.4 Å². The number of rotatable bonds is 7. The molecule has 2 aromatic carbocycles. The molecule has 1 aliphatic rings. The number of nitrogens with zero attached hydrogens (tertiary/aromatic N) is 2. The quantitative estimate of drug-likeness (QED) is 0.415. The van der Waals surface area contributed by atoms with E-state index in [1.54, 1.807) is 6.20 Å². The summed E-state index contributed by atoms with van der Waals surface area (Å²) in [6.45, 7) is 8.04. The Bertz CT molecular complexity index is 1100. The zero-order valence-electron chi connectivity index (χ0n) is 18.7. The normalized spacial score (nSPS) is 20.1. The first-order valence-electron chi connectivity index (χ1n) is 10.9. The Morgan fingerprint density at radius 3 is 2.59 bits per heavy atom. The molecular weight excluding hydrogens is 418 g/mol. The Morgan fingerprint density at radius 2 is 1.88 bits per heavy atom. The van der Waals surface area contributed by atoms with Gasteiger partial charge in [0.05, 0.1) is 17.2 Å². The lowest BCUT2D eigenvalue weighted by atomic mass is 10.1. The summed E-state index contributed by atoms with van der Waals surface area (Å²) >= 11 is 0. The molecule has 0 bridgehead atoms. The number of carbonyl (C=O) groups excluding carboxylic acids is 2. The van der Waals surface area contributed by atoms with Crippen molar-refractivity contribution in [3.63, 3.8) is 0 Å². The summed E-state index contributed by atoms with van der Waals surface area (Å²) in [5, 5.41) is 4.12. The number of benzene rings is 2. The number of ether oxygens (including phenoxy) is 1. The number of pyridine rings is 1. The number of para-hydroxylation sites is 1. The molecule has 3 aromatic rings. The summed E-state index contributed by atoms with van der Waals surface area (Å²) in [7, 11) is -1.69. The second kappa shape index (κ2) is 9.22. The fraction of sp³-hybridized carbons (Fsp3) is 0.320. The maximum atomic E-state index is 13.8. The predicted octanol–water partition coefficient (Wildman–Crippen LogP) is 4.83. The first kappa shape index (κ1) is 22.2. The van der Waals surface area contributed by atoms with E-state index < -0.39 is 20.3 Å². The van der Waals surface area contributed by atoms with Gasteiger partial charge in [0, 0.05) is 31.8 Å². The highest BCUT2D eigenvalue weighted by atomic mass is 28.3. The van der Waals surface area contributed by atoms with Crippen molar-refractivity contribution in [1.82, 2.24) is 9.88 Å². The Labute approximate surface area is 189 Å². The van der Waals surface area contributed by atoms with Crippen LogP contribution >= 0.6 is 0 Å². The largest absolute Gasteiger partial charge is 0.444 e. The maximum Gasteiger partial charge on any atom is 0.294 e. The molecule has 0 radical (unpaired) electrons. The van der Waals surface area contributed by atoms with Crippen LogP contribution in [-0.4, -0.2) is 42.9 Å². The van der Waals surface area contributed by atoms with Crippen LogP contribution in [0.25, 0.3) is 10.9 Å². The van der Waals surface area contributed by atoms with Gasteiger partial charge in [-0.15, -0.1) is 0 Å². The van der Waals surface area contributed by atoms with E-state index in [4.69, 9.17) is 4.74 Å². The van der Waals surface area contributed by atoms with Gasteiger partial charge in [-0.05, 0) is 24.1 Å². The summed E-state index contributed by atoms with van der Waals surface area (Å²) in [5.74, 6) is -0.0801. The van der Waals surface area contributed by atoms with E-state index in [2.05, 4.69) is 29.9 Å². The standard InChI is InChI=1S/C25H29N3O3Si/c1-32(2,3)21-14-16-28(25(31-17-29)19-9-5-4-6-10-19)23(21)24(30)27-20-13-7-11-18-12-8-15-26-22(18)20/h4-13,15,17,21,23,25H,14,16H2,1-3H3,(H,27,30)/t21-,23+,25?/m1/s1. The molecule has 4 rings (SSSR count). The molecule has 166 valence electrons. The molecule has 32 heavy (non-hydrogen) atoms. The first-order valence-corrected chi connectivity index (χ1v) is 14.5. The fourth-order valence-electron chi connectivity index (χ4n) is 4.75. The summed E-state index contributed by atoms with van der Waals surface area (Å²) in [5.41, 5.74) is 2.55. The minimum Gasteiger partial charge on any atom is -0.444 e. The lowest BCUT2D eigenvalue weighted by molar-refractivity contribution is -0.148. The van der Waals surface area contributed by atoms with Gasteiger partial charge in [0.2, 0.25) is 5.91 Å². The molecule has 2 heterocycles. The third-order valence-electron chi connectivity index (χ3n) is 6.28. The molecule has 1 unspecified atom stereocenters. The zero-order valence-corrected chi connectivity index (χ0v) is 19.7. The van der Waals surface area contributed by atoms with Gasteiger partial charge in [-0.1, -0.05) is 68.2 Å². The molecule has 1 fully saturated rings. The van der Waals surface area contributed by atoms with Gasteiger partial charge in [-0.25, -0.2) is 0 Å². The van der Waals surface area contributed by atoms with Gasteiger partial charge in [0.1, 0.15) is 0 Å². The molecule has 0 spiro atoms. The highest BCUT2D eigenvalue weighted by Gasteiger charge is 2.48. The third-order valence-corrected chi connectivity index (χ3v) is 9.11. The molecule has 1 N–H and O–H groups in total. The Balaban J connectivity index is 1.70. The van der Waals surface area contributed by atoms with Crippen LogP contribution in [0.4, 0.5) is 5.69 Å². The van der Waals surface area contributed by atoms with Crippen LogP contribution in [0.15, 0.2) is 66.9 Å². The van der Waals surface area contributed by atoms with E-state index in [0.29, 0.717) is 18.7 Å². The molecule has 0 saturated carbocycles. The van der Waals surface area contributed by atoms with Crippen molar-refractivity contribution in [1.29, 1.82) is 0 Å². The maximum absolute atomic E-state index is 13.8. The Hall–Kier alpha value is -3.03.